The molecule has 0 unspecified atom stereocenters. The molecule has 0 N–H and O–H groups in total. The summed E-state index contributed by atoms with van der Waals surface area (Å²) in [5.74, 6) is 0.689. The van der Waals surface area contributed by atoms with E-state index < -0.39 is 0 Å². The summed E-state index contributed by atoms with van der Waals surface area (Å²) in [6, 6.07) is 9.48. The third-order valence-corrected chi connectivity index (χ3v) is 4.98. The Kier molecular flexibility index (Phi) is 5.06. The van der Waals surface area contributed by atoms with Gasteiger partial charge in [0.15, 0.2) is 0 Å². The first-order valence-corrected chi connectivity index (χ1v) is 9.37. The zero-order valence-electron chi connectivity index (χ0n) is 16.1. The largest absolute Gasteiger partial charge is 0.471 e. The van der Waals surface area contributed by atoms with Gasteiger partial charge in [-0.25, -0.2) is 4.98 Å². The SMILES string of the molecule is Cc1cccc(OCc2nn(C)c3c2CN(C(=O)Cc2cccnc2)CC3)n1. The molecular weight excluding hydrogens is 354 g/mol. The van der Waals surface area contributed by atoms with Gasteiger partial charge in [-0.15, -0.1) is 0 Å². The first-order chi connectivity index (χ1) is 13.6. The van der Waals surface area contributed by atoms with Gasteiger partial charge in [-0.3, -0.25) is 14.5 Å². The molecule has 0 bridgehead atoms. The number of nitrogens with zero attached hydrogens (tertiary/aromatic N) is 5. The fourth-order valence-electron chi connectivity index (χ4n) is 3.53. The average molecular weight is 377 g/mol. The number of fused-ring (bicyclic) bond motifs is 1. The van der Waals surface area contributed by atoms with Crippen LogP contribution in [-0.2, 0) is 37.8 Å². The highest BCUT2D eigenvalue weighted by Crippen LogP contribution is 2.24. The zero-order valence-corrected chi connectivity index (χ0v) is 16.1. The number of hydrogen-bond acceptors (Lipinski definition) is 5. The number of aromatic nitrogens is 4. The van der Waals surface area contributed by atoms with E-state index in [2.05, 4.69) is 15.1 Å². The van der Waals surface area contributed by atoms with Gasteiger partial charge in [0.1, 0.15) is 12.3 Å². The Bertz CT molecular complexity index is 984. The second-order valence-electron chi connectivity index (χ2n) is 7.00. The van der Waals surface area contributed by atoms with Crippen LogP contribution in [0.1, 0.15) is 28.2 Å². The van der Waals surface area contributed by atoms with E-state index in [0.29, 0.717) is 32.0 Å². The molecular formula is C21H23N5O2. The third kappa shape index (κ3) is 3.88. The minimum Gasteiger partial charge on any atom is -0.471 e. The van der Waals surface area contributed by atoms with Crippen molar-refractivity contribution in [3.8, 4) is 5.88 Å². The molecule has 0 fully saturated rings. The van der Waals surface area contributed by atoms with Gasteiger partial charge in [-0.05, 0) is 24.6 Å². The molecule has 0 saturated heterocycles. The third-order valence-electron chi connectivity index (χ3n) is 4.98. The van der Waals surface area contributed by atoms with Crippen LogP contribution in [-0.4, -0.2) is 37.1 Å². The normalized spacial score (nSPS) is 13.3. The average Bonchev–Trinajstić information content (AvgIpc) is 3.02. The molecule has 0 radical (unpaired) electrons. The lowest BCUT2D eigenvalue weighted by molar-refractivity contribution is -0.131. The van der Waals surface area contributed by atoms with Crippen LogP contribution in [0.15, 0.2) is 42.7 Å². The van der Waals surface area contributed by atoms with Gasteiger partial charge < -0.3 is 9.64 Å². The fraction of sp³-hybridized carbons (Fsp3) is 0.333. The van der Waals surface area contributed by atoms with Crippen molar-refractivity contribution in [3.63, 3.8) is 0 Å². The number of carbonyl (C=O) groups is 1. The Morgan fingerprint density at radius 3 is 2.93 bits per heavy atom. The molecule has 28 heavy (non-hydrogen) atoms. The summed E-state index contributed by atoms with van der Waals surface area (Å²) < 4.78 is 7.75. The lowest BCUT2D eigenvalue weighted by Crippen LogP contribution is -2.37. The summed E-state index contributed by atoms with van der Waals surface area (Å²) in [7, 11) is 1.94. The van der Waals surface area contributed by atoms with Crippen molar-refractivity contribution in [2.45, 2.75) is 32.9 Å². The van der Waals surface area contributed by atoms with Gasteiger partial charge >= 0.3 is 0 Å². The molecule has 1 aliphatic rings. The standard InChI is InChI=1S/C21H23N5O2/c1-15-5-3-7-20(23-15)28-14-18-17-13-26(10-8-19(17)25(2)24-18)21(27)11-16-6-4-9-22-12-16/h3-7,9,12H,8,10-11,13-14H2,1-2H3. The molecule has 1 aliphatic heterocycles. The second-order valence-corrected chi connectivity index (χ2v) is 7.00. The van der Waals surface area contributed by atoms with E-state index in [1.807, 2.05) is 53.9 Å². The number of ether oxygens (including phenoxy) is 1. The van der Waals surface area contributed by atoms with Crippen LogP contribution in [0, 0.1) is 6.92 Å². The number of rotatable bonds is 5. The molecule has 7 nitrogen and oxygen atoms in total. The topological polar surface area (TPSA) is 73.1 Å². The predicted molar refractivity (Wildman–Crippen MR) is 104 cm³/mol. The smallest absolute Gasteiger partial charge is 0.227 e. The van der Waals surface area contributed by atoms with E-state index in [-0.39, 0.29) is 5.91 Å². The van der Waals surface area contributed by atoms with Crippen LogP contribution in [0.3, 0.4) is 0 Å². The van der Waals surface area contributed by atoms with Gasteiger partial charge in [-0.1, -0.05) is 12.1 Å². The molecule has 144 valence electrons. The van der Waals surface area contributed by atoms with E-state index in [0.717, 1.165) is 28.9 Å². The molecule has 4 heterocycles. The van der Waals surface area contributed by atoms with E-state index in [9.17, 15) is 4.79 Å². The maximum atomic E-state index is 12.7. The van der Waals surface area contributed by atoms with Gasteiger partial charge in [0.2, 0.25) is 11.8 Å². The van der Waals surface area contributed by atoms with Crippen molar-refractivity contribution >= 4 is 5.91 Å². The highest BCUT2D eigenvalue weighted by molar-refractivity contribution is 5.79. The number of carbonyl (C=O) groups excluding carboxylic acids is 1. The summed E-state index contributed by atoms with van der Waals surface area (Å²) in [4.78, 5) is 23.1. The first-order valence-electron chi connectivity index (χ1n) is 9.37. The van der Waals surface area contributed by atoms with E-state index >= 15 is 0 Å². The lowest BCUT2D eigenvalue weighted by atomic mass is 10.0. The molecule has 0 aliphatic carbocycles. The van der Waals surface area contributed by atoms with Crippen LogP contribution < -0.4 is 4.74 Å². The van der Waals surface area contributed by atoms with E-state index in [1.54, 1.807) is 12.4 Å². The number of aryl methyl sites for hydroxylation is 2. The summed E-state index contributed by atoms with van der Waals surface area (Å²) in [5, 5.41) is 4.62. The monoisotopic (exact) mass is 377 g/mol. The van der Waals surface area contributed by atoms with Crippen LogP contribution in [0.2, 0.25) is 0 Å². The van der Waals surface area contributed by atoms with Crippen LogP contribution >= 0.6 is 0 Å². The van der Waals surface area contributed by atoms with Crippen molar-refractivity contribution in [1.82, 2.24) is 24.6 Å². The minimum atomic E-state index is 0.106. The van der Waals surface area contributed by atoms with Gasteiger partial charge in [-0.2, -0.15) is 5.10 Å². The Morgan fingerprint density at radius 2 is 2.14 bits per heavy atom. The molecule has 0 aromatic carbocycles. The number of amides is 1. The van der Waals surface area contributed by atoms with Crippen molar-refractivity contribution < 1.29 is 9.53 Å². The fourth-order valence-corrected chi connectivity index (χ4v) is 3.53. The molecule has 0 spiro atoms. The van der Waals surface area contributed by atoms with Gasteiger partial charge in [0.05, 0.1) is 6.42 Å². The van der Waals surface area contributed by atoms with E-state index in [1.165, 1.54) is 5.69 Å². The van der Waals surface area contributed by atoms with Crippen molar-refractivity contribution in [2.24, 2.45) is 7.05 Å². The van der Waals surface area contributed by atoms with Crippen molar-refractivity contribution in [3.05, 3.63) is 70.9 Å². The van der Waals surface area contributed by atoms with E-state index in [4.69, 9.17) is 4.74 Å². The summed E-state index contributed by atoms with van der Waals surface area (Å²) in [5.41, 5.74) is 4.95. The molecule has 3 aromatic heterocycles. The van der Waals surface area contributed by atoms with Crippen LogP contribution in [0.5, 0.6) is 5.88 Å². The van der Waals surface area contributed by atoms with Crippen LogP contribution in [0.25, 0.3) is 0 Å². The summed E-state index contributed by atoms with van der Waals surface area (Å²) in [6.45, 7) is 3.53. The second kappa shape index (κ2) is 7.80. The Morgan fingerprint density at radius 1 is 1.25 bits per heavy atom. The number of pyridine rings is 2. The molecule has 0 saturated carbocycles. The minimum absolute atomic E-state index is 0.106. The molecule has 3 aromatic rings. The lowest BCUT2D eigenvalue weighted by Gasteiger charge is -2.28. The van der Waals surface area contributed by atoms with Gasteiger partial charge in [0.25, 0.3) is 0 Å². The van der Waals surface area contributed by atoms with Crippen molar-refractivity contribution in [1.29, 1.82) is 0 Å². The highest BCUT2D eigenvalue weighted by atomic mass is 16.5. The molecule has 1 amide bonds. The molecule has 0 atom stereocenters. The quantitative estimate of drug-likeness (QED) is 0.682. The molecule has 4 rings (SSSR count). The first kappa shape index (κ1) is 18.2. The highest BCUT2D eigenvalue weighted by Gasteiger charge is 2.26. The van der Waals surface area contributed by atoms with Crippen LogP contribution in [0.4, 0.5) is 0 Å². The summed E-state index contributed by atoms with van der Waals surface area (Å²) >= 11 is 0. The molecule has 7 heteroatoms. The Balaban J connectivity index is 1.47. The van der Waals surface area contributed by atoms with Gasteiger partial charge in [0, 0.05) is 62.0 Å². The summed E-state index contributed by atoms with van der Waals surface area (Å²) in [6.07, 6.45) is 4.61. The Hall–Kier alpha value is -3.22. The predicted octanol–water partition coefficient (Wildman–Crippen LogP) is 2.22. The van der Waals surface area contributed by atoms with Crippen molar-refractivity contribution in [2.75, 3.05) is 6.54 Å². The Labute approximate surface area is 164 Å². The zero-order chi connectivity index (χ0) is 19.5. The number of hydrogen-bond donors (Lipinski definition) is 0. The maximum absolute atomic E-state index is 12.7. The maximum Gasteiger partial charge on any atom is 0.227 e.